The average molecular weight is 140 g/mol. The molecule has 10 heavy (non-hydrogen) atoms. The van der Waals surface area contributed by atoms with Gasteiger partial charge >= 0.3 is 0 Å². The molecule has 1 atom stereocenters. The minimum atomic E-state index is 0.840. The van der Waals surface area contributed by atoms with Crippen molar-refractivity contribution in [1.29, 1.82) is 0 Å². The fourth-order valence-electron chi connectivity index (χ4n) is 1.77. The topological polar surface area (TPSA) is 15.3 Å². The Balaban J connectivity index is 1.84. The van der Waals surface area contributed by atoms with Gasteiger partial charge < -0.3 is 5.32 Å². The van der Waals surface area contributed by atoms with Crippen LogP contribution in [0.25, 0.3) is 0 Å². The van der Waals surface area contributed by atoms with Crippen LogP contribution in [0.1, 0.15) is 19.3 Å². The van der Waals surface area contributed by atoms with Crippen LogP contribution in [0.2, 0.25) is 0 Å². The molecule has 1 aliphatic heterocycles. The van der Waals surface area contributed by atoms with Crippen molar-refractivity contribution in [2.45, 2.75) is 31.3 Å². The Bertz CT molecular complexity index is 114. The Hall–Kier alpha value is -0.0800. The molecule has 0 radical (unpaired) electrons. The maximum absolute atomic E-state index is 3.39. The molecule has 2 nitrogen and oxygen atoms in total. The quantitative estimate of drug-likeness (QED) is 0.599. The van der Waals surface area contributed by atoms with Crippen molar-refractivity contribution in [3.05, 3.63) is 0 Å². The van der Waals surface area contributed by atoms with Gasteiger partial charge in [-0.1, -0.05) is 0 Å². The van der Waals surface area contributed by atoms with Crippen LogP contribution < -0.4 is 5.32 Å². The molecule has 2 rings (SSSR count). The smallest absolute Gasteiger partial charge is 0.0232 e. The van der Waals surface area contributed by atoms with Crippen LogP contribution in [-0.2, 0) is 0 Å². The largest absolute Gasteiger partial charge is 0.315 e. The van der Waals surface area contributed by atoms with Crippen molar-refractivity contribution in [3.8, 4) is 0 Å². The second-order valence-electron chi connectivity index (χ2n) is 3.54. The van der Waals surface area contributed by atoms with Gasteiger partial charge in [0, 0.05) is 18.6 Å². The molecule has 58 valence electrons. The van der Waals surface area contributed by atoms with Crippen LogP contribution in [0, 0.1) is 0 Å². The molecule has 0 spiro atoms. The Morgan fingerprint density at radius 2 is 2.00 bits per heavy atom. The lowest BCUT2D eigenvalue weighted by atomic mass is 10.2. The molecule has 1 N–H and O–H groups in total. The third kappa shape index (κ3) is 1.18. The van der Waals surface area contributed by atoms with Gasteiger partial charge in [0.25, 0.3) is 0 Å². The maximum Gasteiger partial charge on any atom is 0.0232 e. The van der Waals surface area contributed by atoms with E-state index in [4.69, 9.17) is 0 Å². The molecule has 1 saturated carbocycles. The second-order valence-corrected chi connectivity index (χ2v) is 3.54. The summed E-state index contributed by atoms with van der Waals surface area (Å²) in [7, 11) is 2.27. The van der Waals surface area contributed by atoms with Gasteiger partial charge in [0.1, 0.15) is 0 Å². The fraction of sp³-hybridized carbons (Fsp3) is 1.00. The van der Waals surface area contributed by atoms with E-state index in [0.717, 1.165) is 12.1 Å². The zero-order valence-corrected chi connectivity index (χ0v) is 6.64. The summed E-state index contributed by atoms with van der Waals surface area (Å²) in [6.07, 6.45) is 4.23. The average Bonchev–Trinajstić information content (AvgIpc) is 2.65. The number of hydrogen-bond donors (Lipinski definition) is 1. The molecule has 0 aromatic carbocycles. The highest BCUT2D eigenvalue weighted by Crippen LogP contribution is 2.28. The van der Waals surface area contributed by atoms with Crippen LogP contribution in [0.5, 0.6) is 0 Å². The van der Waals surface area contributed by atoms with Crippen LogP contribution in [0.4, 0.5) is 0 Å². The summed E-state index contributed by atoms with van der Waals surface area (Å²) in [5.74, 6) is 0. The summed E-state index contributed by atoms with van der Waals surface area (Å²) < 4.78 is 0. The highest BCUT2D eigenvalue weighted by Gasteiger charge is 2.31. The molecule has 0 aromatic rings. The van der Waals surface area contributed by atoms with Crippen molar-refractivity contribution in [2.75, 3.05) is 20.1 Å². The van der Waals surface area contributed by atoms with Crippen molar-refractivity contribution in [2.24, 2.45) is 0 Å². The summed E-state index contributed by atoms with van der Waals surface area (Å²) in [6.45, 7) is 2.44. The lowest BCUT2D eigenvalue weighted by Gasteiger charge is -2.22. The van der Waals surface area contributed by atoms with E-state index in [0.29, 0.717) is 0 Å². The number of nitrogens with one attached hydrogen (secondary N) is 1. The van der Waals surface area contributed by atoms with E-state index in [9.17, 15) is 0 Å². The standard InChI is InChI=1S/C8H16N2/c1-10(7-2-3-7)8-4-5-9-6-8/h7-9H,2-6H2,1H3/t8-/m1/s1. The van der Waals surface area contributed by atoms with E-state index in [1.807, 2.05) is 0 Å². The lowest BCUT2D eigenvalue weighted by molar-refractivity contribution is 0.247. The van der Waals surface area contributed by atoms with Gasteiger partial charge in [-0.2, -0.15) is 0 Å². The summed E-state index contributed by atoms with van der Waals surface area (Å²) in [5, 5.41) is 3.39. The number of hydrogen-bond acceptors (Lipinski definition) is 2. The molecule has 2 aliphatic rings. The first-order valence-corrected chi connectivity index (χ1v) is 4.30. The first-order valence-electron chi connectivity index (χ1n) is 4.30. The molecule has 1 saturated heterocycles. The molecule has 0 unspecified atom stereocenters. The Kier molecular flexibility index (Phi) is 1.66. The van der Waals surface area contributed by atoms with E-state index in [2.05, 4.69) is 17.3 Å². The van der Waals surface area contributed by atoms with Gasteiger partial charge in [0.15, 0.2) is 0 Å². The minimum absolute atomic E-state index is 0.840. The van der Waals surface area contributed by atoms with Gasteiger partial charge in [0.2, 0.25) is 0 Å². The third-order valence-corrected chi connectivity index (χ3v) is 2.73. The Morgan fingerprint density at radius 3 is 2.50 bits per heavy atom. The molecule has 0 bridgehead atoms. The van der Waals surface area contributed by atoms with Gasteiger partial charge in [-0.25, -0.2) is 0 Å². The van der Waals surface area contributed by atoms with Crippen LogP contribution >= 0.6 is 0 Å². The van der Waals surface area contributed by atoms with Crippen LogP contribution in [0.15, 0.2) is 0 Å². The molecule has 1 heterocycles. The van der Waals surface area contributed by atoms with Gasteiger partial charge in [-0.3, -0.25) is 4.90 Å². The van der Waals surface area contributed by atoms with E-state index >= 15 is 0 Å². The number of nitrogens with zero attached hydrogens (tertiary/aromatic N) is 1. The van der Waals surface area contributed by atoms with E-state index in [1.54, 1.807) is 0 Å². The van der Waals surface area contributed by atoms with Crippen LogP contribution in [0.3, 0.4) is 0 Å². The van der Waals surface area contributed by atoms with Crippen molar-refractivity contribution < 1.29 is 0 Å². The van der Waals surface area contributed by atoms with Gasteiger partial charge in [0.05, 0.1) is 0 Å². The highest BCUT2D eigenvalue weighted by molar-refractivity contribution is 4.89. The molecule has 1 aliphatic carbocycles. The van der Waals surface area contributed by atoms with E-state index in [1.165, 1.54) is 32.4 Å². The number of likely N-dealkylation sites (N-methyl/N-ethyl adjacent to an activating group) is 1. The molecule has 2 fully saturated rings. The van der Waals surface area contributed by atoms with Crippen molar-refractivity contribution >= 4 is 0 Å². The summed E-state index contributed by atoms with van der Waals surface area (Å²) in [4.78, 5) is 2.56. The van der Waals surface area contributed by atoms with E-state index < -0.39 is 0 Å². The molecule has 2 heteroatoms. The Labute approximate surface area is 62.6 Å². The minimum Gasteiger partial charge on any atom is -0.315 e. The predicted molar refractivity (Wildman–Crippen MR) is 42.1 cm³/mol. The van der Waals surface area contributed by atoms with Crippen LogP contribution in [-0.4, -0.2) is 37.1 Å². The first-order chi connectivity index (χ1) is 4.88. The molecular weight excluding hydrogens is 124 g/mol. The summed E-state index contributed by atoms with van der Waals surface area (Å²) in [5.41, 5.74) is 0. The van der Waals surface area contributed by atoms with Crippen molar-refractivity contribution in [1.82, 2.24) is 10.2 Å². The molecular formula is C8H16N2. The van der Waals surface area contributed by atoms with Gasteiger partial charge in [-0.05, 0) is 32.9 Å². The second kappa shape index (κ2) is 2.51. The predicted octanol–water partition coefficient (Wildman–Crippen LogP) is 0.442. The third-order valence-electron chi connectivity index (χ3n) is 2.73. The Morgan fingerprint density at radius 1 is 1.20 bits per heavy atom. The SMILES string of the molecule is CN(C1CC1)[C@@H]1CCNC1. The van der Waals surface area contributed by atoms with Gasteiger partial charge in [-0.15, -0.1) is 0 Å². The number of rotatable bonds is 2. The monoisotopic (exact) mass is 140 g/mol. The first kappa shape index (κ1) is 6.62. The fourth-order valence-corrected chi connectivity index (χ4v) is 1.77. The highest BCUT2D eigenvalue weighted by atomic mass is 15.2. The zero-order valence-electron chi connectivity index (χ0n) is 6.64. The molecule has 0 amide bonds. The summed E-state index contributed by atoms with van der Waals surface area (Å²) >= 11 is 0. The van der Waals surface area contributed by atoms with E-state index in [-0.39, 0.29) is 0 Å². The zero-order chi connectivity index (χ0) is 6.97. The summed E-state index contributed by atoms with van der Waals surface area (Å²) in [6, 6.07) is 1.78. The maximum atomic E-state index is 3.39. The van der Waals surface area contributed by atoms with Crippen molar-refractivity contribution in [3.63, 3.8) is 0 Å². The molecule has 0 aromatic heterocycles. The normalized spacial score (nSPS) is 33.6. The lowest BCUT2D eigenvalue weighted by Crippen LogP contribution is -2.34.